The second-order valence-electron chi connectivity index (χ2n) is 5.01. The summed E-state index contributed by atoms with van der Waals surface area (Å²) in [6.45, 7) is 2.48. The fourth-order valence-electron chi connectivity index (χ4n) is 1.88. The van der Waals surface area contributed by atoms with Gasteiger partial charge in [-0.15, -0.1) is 0 Å². The van der Waals surface area contributed by atoms with Gasteiger partial charge in [-0.2, -0.15) is 0 Å². The molecule has 0 saturated heterocycles. The Morgan fingerprint density at radius 3 is 2.71 bits per heavy atom. The topological polar surface area (TPSA) is 48.9 Å². The SMILES string of the molecule is CN=C(NCCOC)NCc1ccc(F)c(CN(C)C)c1. The zero-order valence-electron chi connectivity index (χ0n) is 13.2. The Balaban J connectivity index is 2.58. The van der Waals surface area contributed by atoms with Gasteiger partial charge in [-0.05, 0) is 31.8 Å². The van der Waals surface area contributed by atoms with Crippen LogP contribution in [-0.4, -0.2) is 52.3 Å². The van der Waals surface area contributed by atoms with Crippen LogP contribution in [0.15, 0.2) is 23.2 Å². The van der Waals surface area contributed by atoms with E-state index in [2.05, 4.69) is 15.6 Å². The Morgan fingerprint density at radius 2 is 2.10 bits per heavy atom. The van der Waals surface area contributed by atoms with E-state index in [1.807, 2.05) is 25.1 Å². The minimum Gasteiger partial charge on any atom is -0.383 e. The summed E-state index contributed by atoms with van der Waals surface area (Å²) in [7, 11) is 7.21. The van der Waals surface area contributed by atoms with Gasteiger partial charge < -0.3 is 20.3 Å². The monoisotopic (exact) mass is 296 g/mol. The number of nitrogens with zero attached hydrogens (tertiary/aromatic N) is 2. The molecule has 1 rings (SSSR count). The van der Waals surface area contributed by atoms with Crippen LogP contribution in [0.3, 0.4) is 0 Å². The highest BCUT2D eigenvalue weighted by Crippen LogP contribution is 2.12. The summed E-state index contributed by atoms with van der Waals surface area (Å²) in [5.74, 6) is 0.528. The largest absolute Gasteiger partial charge is 0.383 e. The molecule has 1 aromatic rings. The summed E-state index contributed by atoms with van der Waals surface area (Å²) in [5, 5.41) is 6.32. The molecule has 0 heterocycles. The van der Waals surface area contributed by atoms with E-state index >= 15 is 0 Å². The average Bonchev–Trinajstić information content (AvgIpc) is 2.45. The van der Waals surface area contributed by atoms with E-state index in [0.717, 1.165) is 5.56 Å². The first kappa shape index (κ1) is 17.4. The van der Waals surface area contributed by atoms with Crippen LogP contribution in [0.25, 0.3) is 0 Å². The van der Waals surface area contributed by atoms with Gasteiger partial charge in [-0.1, -0.05) is 6.07 Å². The molecule has 0 unspecified atom stereocenters. The van der Waals surface area contributed by atoms with Crippen molar-refractivity contribution in [3.8, 4) is 0 Å². The molecule has 0 saturated carbocycles. The smallest absolute Gasteiger partial charge is 0.191 e. The van der Waals surface area contributed by atoms with Gasteiger partial charge in [0, 0.05) is 39.4 Å². The number of halogens is 1. The van der Waals surface area contributed by atoms with Crippen molar-refractivity contribution in [1.82, 2.24) is 15.5 Å². The highest BCUT2D eigenvalue weighted by Gasteiger charge is 2.05. The summed E-state index contributed by atoms with van der Waals surface area (Å²) in [4.78, 5) is 6.07. The molecule has 0 aromatic heterocycles. The summed E-state index contributed by atoms with van der Waals surface area (Å²) in [6, 6.07) is 5.17. The molecular weight excluding hydrogens is 271 g/mol. The first-order valence-electron chi connectivity index (χ1n) is 6.92. The van der Waals surface area contributed by atoms with Crippen LogP contribution in [-0.2, 0) is 17.8 Å². The number of hydrogen-bond donors (Lipinski definition) is 2. The summed E-state index contributed by atoms with van der Waals surface area (Å²) < 4.78 is 18.7. The second-order valence-corrected chi connectivity index (χ2v) is 5.01. The van der Waals surface area contributed by atoms with E-state index in [1.54, 1.807) is 20.2 Å². The normalized spacial score (nSPS) is 11.8. The fraction of sp³-hybridized carbons (Fsp3) is 0.533. The third kappa shape index (κ3) is 6.55. The van der Waals surface area contributed by atoms with Gasteiger partial charge in [0.1, 0.15) is 5.82 Å². The van der Waals surface area contributed by atoms with Crippen LogP contribution in [0.4, 0.5) is 4.39 Å². The highest BCUT2D eigenvalue weighted by atomic mass is 19.1. The molecule has 0 bridgehead atoms. The lowest BCUT2D eigenvalue weighted by molar-refractivity contribution is 0.203. The first-order valence-corrected chi connectivity index (χ1v) is 6.92. The third-order valence-corrected chi connectivity index (χ3v) is 2.88. The molecule has 0 spiro atoms. The molecule has 6 heteroatoms. The zero-order chi connectivity index (χ0) is 15.7. The maximum absolute atomic E-state index is 13.7. The fourth-order valence-corrected chi connectivity index (χ4v) is 1.88. The van der Waals surface area contributed by atoms with E-state index in [0.29, 0.717) is 37.8 Å². The minimum absolute atomic E-state index is 0.171. The van der Waals surface area contributed by atoms with E-state index in [9.17, 15) is 4.39 Å². The number of nitrogens with one attached hydrogen (secondary N) is 2. The predicted octanol–water partition coefficient (Wildman–Crippen LogP) is 1.20. The maximum atomic E-state index is 13.7. The lowest BCUT2D eigenvalue weighted by Crippen LogP contribution is -2.38. The number of benzene rings is 1. The van der Waals surface area contributed by atoms with Crippen LogP contribution >= 0.6 is 0 Å². The van der Waals surface area contributed by atoms with Crippen LogP contribution in [0.2, 0.25) is 0 Å². The molecule has 0 atom stereocenters. The molecule has 118 valence electrons. The molecule has 0 aliphatic rings. The molecule has 0 radical (unpaired) electrons. The van der Waals surface area contributed by atoms with Gasteiger partial charge in [0.15, 0.2) is 5.96 Å². The van der Waals surface area contributed by atoms with E-state index in [1.165, 1.54) is 6.07 Å². The predicted molar refractivity (Wildman–Crippen MR) is 83.9 cm³/mol. The van der Waals surface area contributed by atoms with E-state index in [4.69, 9.17) is 4.74 Å². The van der Waals surface area contributed by atoms with Crippen molar-refractivity contribution >= 4 is 5.96 Å². The standard InChI is InChI=1S/C15H25FN4O/c1-17-15(18-7-8-21-4)19-10-12-5-6-14(16)13(9-12)11-20(2)3/h5-6,9H,7-8,10-11H2,1-4H3,(H2,17,18,19). The molecule has 2 N–H and O–H groups in total. The number of guanidine groups is 1. The lowest BCUT2D eigenvalue weighted by atomic mass is 10.1. The van der Waals surface area contributed by atoms with Gasteiger partial charge in [-0.3, -0.25) is 4.99 Å². The van der Waals surface area contributed by atoms with Crippen molar-refractivity contribution in [1.29, 1.82) is 0 Å². The van der Waals surface area contributed by atoms with E-state index in [-0.39, 0.29) is 5.82 Å². The number of hydrogen-bond acceptors (Lipinski definition) is 3. The molecule has 5 nitrogen and oxygen atoms in total. The number of methoxy groups -OCH3 is 1. The average molecular weight is 296 g/mol. The number of ether oxygens (including phenoxy) is 1. The van der Waals surface area contributed by atoms with Crippen LogP contribution < -0.4 is 10.6 Å². The quantitative estimate of drug-likeness (QED) is 0.451. The Bertz CT molecular complexity index is 463. The van der Waals surface area contributed by atoms with Gasteiger partial charge in [0.05, 0.1) is 6.61 Å². The zero-order valence-corrected chi connectivity index (χ0v) is 13.2. The Morgan fingerprint density at radius 1 is 1.33 bits per heavy atom. The Kier molecular flexibility index (Phi) is 7.71. The van der Waals surface area contributed by atoms with Gasteiger partial charge >= 0.3 is 0 Å². The van der Waals surface area contributed by atoms with Gasteiger partial charge in [-0.25, -0.2) is 4.39 Å². The molecule has 21 heavy (non-hydrogen) atoms. The minimum atomic E-state index is -0.171. The molecule has 0 amide bonds. The Hall–Kier alpha value is -1.66. The van der Waals surface area contributed by atoms with Crippen LogP contribution in [0.1, 0.15) is 11.1 Å². The number of aliphatic imine (C=N–C) groups is 1. The third-order valence-electron chi connectivity index (χ3n) is 2.88. The maximum Gasteiger partial charge on any atom is 0.191 e. The highest BCUT2D eigenvalue weighted by molar-refractivity contribution is 5.79. The van der Waals surface area contributed by atoms with Gasteiger partial charge in [0.25, 0.3) is 0 Å². The van der Waals surface area contributed by atoms with Crippen molar-refractivity contribution in [2.24, 2.45) is 4.99 Å². The van der Waals surface area contributed by atoms with Crippen LogP contribution in [0.5, 0.6) is 0 Å². The first-order chi connectivity index (χ1) is 10.1. The molecule has 0 aliphatic heterocycles. The second kappa shape index (κ2) is 9.31. The van der Waals surface area contributed by atoms with Crippen molar-refractivity contribution in [2.45, 2.75) is 13.1 Å². The lowest BCUT2D eigenvalue weighted by Gasteiger charge is -2.14. The summed E-state index contributed by atoms with van der Waals surface area (Å²) in [5.41, 5.74) is 1.71. The number of rotatable bonds is 7. The van der Waals surface area contributed by atoms with Crippen molar-refractivity contribution in [2.75, 3.05) is 41.4 Å². The van der Waals surface area contributed by atoms with Crippen LogP contribution in [0, 0.1) is 5.82 Å². The van der Waals surface area contributed by atoms with Gasteiger partial charge in [0.2, 0.25) is 0 Å². The van der Waals surface area contributed by atoms with Crippen molar-refractivity contribution in [3.05, 3.63) is 35.1 Å². The molecule has 0 aliphatic carbocycles. The molecule has 0 fully saturated rings. The molecule has 1 aromatic carbocycles. The van der Waals surface area contributed by atoms with E-state index < -0.39 is 0 Å². The Labute approximate surface area is 126 Å². The summed E-state index contributed by atoms with van der Waals surface area (Å²) >= 11 is 0. The van der Waals surface area contributed by atoms with Crippen molar-refractivity contribution < 1.29 is 9.13 Å². The van der Waals surface area contributed by atoms with Crippen molar-refractivity contribution in [3.63, 3.8) is 0 Å². The summed E-state index contributed by atoms with van der Waals surface area (Å²) in [6.07, 6.45) is 0. The molecular formula is C15H25FN4O.